The van der Waals surface area contributed by atoms with Crippen molar-refractivity contribution in [2.24, 2.45) is 0 Å². The smallest absolute Gasteiger partial charge is 0.212 e. The number of carbonyl (C=O) groups is 1. The third-order valence-corrected chi connectivity index (χ3v) is 3.34. The summed E-state index contributed by atoms with van der Waals surface area (Å²) in [4.78, 5) is 12.3. The van der Waals surface area contributed by atoms with E-state index in [4.69, 9.17) is 0 Å². The molecule has 0 saturated carbocycles. The first-order valence-electron chi connectivity index (χ1n) is 5.52. The number of hydrogen-bond acceptors (Lipinski definition) is 3. The summed E-state index contributed by atoms with van der Waals surface area (Å²) in [7, 11) is 0. The monoisotopic (exact) mass is 254 g/mol. The van der Waals surface area contributed by atoms with Crippen LogP contribution in [-0.2, 0) is 0 Å². The molecule has 0 fully saturated rings. The topological polar surface area (TPSA) is 34.9 Å². The van der Waals surface area contributed by atoms with E-state index >= 15 is 0 Å². The molecule has 0 aliphatic rings. The molecule has 3 rings (SSSR count). The van der Waals surface area contributed by atoms with Crippen molar-refractivity contribution in [1.82, 2.24) is 9.78 Å². The highest BCUT2D eigenvalue weighted by Gasteiger charge is 2.15. The summed E-state index contributed by atoms with van der Waals surface area (Å²) < 4.78 is 1.67. The number of ketones is 1. The number of nitrogens with zero attached hydrogens (tertiary/aromatic N) is 2. The highest BCUT2D eigenvalue weighted by atomic mass is 32.1. The summed E-state index contributed by atoms with van der Waals surface area (Å²) >= 11 is 1.52. The highest BCUT2D eigenvalue weighted by Crippen LogP contribution is 2.16. The van der Waals surface area contributed by atoms with E-state index in [1.807, 2.05) is 47.2 Å². The second kappa shape index (κ2) is 4.58. The SMILES string of the molecule is O=C(c1ccsc1)c1ccnn1-c1ccccc1. The molecule has 0 unspecified atom stereocenters. The lowest BCUT2D eigenvalue weighted by molar-refractivity contribution is 0.103. The number of hydrogen-bond donors (Lipinski definition) is 0. The summed E-state index contributed by atoms with van der Waals surface area (Å²) in [5, 5.41) is 7.97. The second-order valence-corrected chi connectivity index (χ2v) is 4.58. The van der Waals surface area contributed by atoms with Crippen molar-refractivity contribution in [3.63, 3.8) is 0 Å². The Morgan fingerprint density at radius 3 is 2.67 bits per heavy atom. The van der Waals surface area contributed by atoms with Gasteiger partial charge in [-0.2, -0.15) is 16.4 Å². The molecule has 1 aromatic carbocycles. The van der Waals surface area contributed by atoms with Gasteiger partial charge < -0.3 is 0 Å². The Hall–Kier alpha value is -2.20. The molecule has 0 N–H and O–H groups in total. The zero-order valence-corrected chi connectivity index (χ0v) is 10.3. The number of benzene rings is 1. The molecule has 3 aromatic rings. The van der Waals surface area contributed by atoms with Crippen molar-refractivity contribution in [1.29, 1.82) is 0 Å². The zero-order chi connectivity index (χ0) is 12.4. The van der Waals surface area contributed by atoms with Gasteiger partial charge in [0.05, 0.1) is 11.9 Å². The van der Waals surface area contributed by atoms with Gasteiger partial charge in [0.15, 0.2) is 0 Å². The molecule has 88 valence electrons. The predicted octanol–water partition coefficient (Wildman–Crippen LogP) is 3.16. The zero-order valence-electron chi connectivity index (χ0n) is 9.48. The van der Waals surface area contributed by atoms with Crippen LogP contribution in [0.25, 0.3) is 5.69 Å². The Bertz CT molecular complexity index is 656. The molecule has 0 saturated heterocycles. The average molecular weight is 254 g/mol. The van der Waals surface area contributed by atoms with E-state index in [0.29, 0.717) is 11.3 Å². The first kappa shape index (κ1) is 10.9. The lowest BCUT2D eigenvalue weighted by atomic mass is 10.1. The second-order valence-electron chi connectivity index (χ2n) is 3.80. The van der Waals surface area contributed by atoms with Crippen molar-refractivity contribution in [2.45, 2.75) is 0 Å². The fourth-order valence-corrected chi connectivity index (χ4v) is 2.43. The van der Waals surface area contributed by atoms with E-state index in [1.165, 1.54) is 11.3 Å². The van der Waals surface area contributed by atoms with Gasteiger partial charge in [-0.3, -0.25) is 4.79 Å². The van der Waals surface area contributed by atoms with Gasteiger partial charge in [0.1, 0.15) is 5.69 Å². The number of aromatic nitrogens is 2. The Balaban J connectivity index is 2.05. The van der Waals surface area contributed by atoms with E-state index in [2.05, 4.69) is 5.10 Å². The minimum absolute atomic E-state index is 0.00222. The summed E-state index contributed by atoms with van der Waals surface area (Å²) in [6.07, 6.45) is 1.65. The molecule has 18 heavy (non-hydrogen) atoms. The van der Waals surface area contributed by atoms with Crippen molar-refractivity contribution < 1.29 is 4.79 Å². The van der Waals surface area contributed by atoms with Gasteiger partial charge in [-0.15, -0.1) is 0 Å². The molecule has 0 aliphatic heterocycles. The predicted molar refractivity (Wildman–Crippen MR) is 71.3 cm³/mol. The van der Waals surface area contributed by atoms with Crippen LogP contribution in [0.3, 0.4) is 0 Å². The minimum Gasteiger partial charge on any atom is -0.287 e. The molecular weight excluding hydrogens is 244 g/mol. The fraction of sp³-hybridized carbons (Fsp3) is 0. The van der Waals surface area contributed by atoms with Gasteiger partial charge in [0.2, 0.25) is 5.78 Å². The third-order valence-electron chi connectivity index (χ3n) is 2.66. The third kappa shape index (κ3) is 1.87. The maximum Gasteiger partial charge on any atom is 0.212 e. The van der Waals surface area contributed by atoms with Crippen molar-refractivity contribution in [3.05, 3.63) is 70.7 Å². The van der Waals surface area contributed by atoms with Crippen molar-refractivity contribution in [2.75, 3.05) is 0 Å². The highest BCUT2D eigenvalue weighted by molar-refractivity contribution is 7.08. The van der Waals surface area contributed by atoms with Gasteiger partial charge in [-0.1, -0.05) is 18.2 Å². The van der Waals surface area contributed by atoms with Gasteiger partial charge >= 0.3 is 0 Å². The summed E-state index contributed by atoms with van der Waals surface area (Å²) in [6.45, 7) is 0. The maximum atomic E-state index is 12.3. The molecule has 0 spiro atoms. The van der Waals surface area contributed by atoms with Crippen LogP contribution in [-0.4, -0.2) is 15.6 Å². The molecule has 4 heteroatoms. The number of rotatable bonds is 3. The Labute approximate surface area is 108 Å². The molecule has 0 bridgehead atoms. The van der Waals surface area contributed by atoms with Crippen LogP contribution in [0.15, 0.2) is 59.4 Å². The van der Waals surface area contributed by atoms with Gasteiger partial charge in [0.25, 0.3) is 0 Å². The summed E-state index contributed by atoms with van der Waals surface area (Å²) in [5.74, 6) is -0.00222. The molecule has 3 nitrogen and oxygen atoms in total. The van der Waals surface area contributed by atoms with E-state index in [1.54, 1.807) is 16.9 Å². The van der Waals surface area contributed by atoms with Crippen LogP contribution < -0.4 is 0 Å². The van der Waals surface area contributed by atoms with E-state index in [9.17, 15) is 4.79 Å². The fourth-order valence-electron chi connectivity index (χ4n) is 1.79. The van der Waals surface area contributed by atoms with Crippen molar-refractivity contribution >= 4 is 17.1 Å². The number of thiophene rings is 1. The standard InChI is InChI=1S/C14H10N2OS/c17-14(11-7-9-18-10-11)13-6-8-15-16(13)12-4-2-1-3-5-12/h1-10H. The molecule has 0 radical (unpaired) electrons. The van der Waals surface area contributed by atoms with Crippen LogP contribution in [0, 0.1) is 0 Å². The average Bonchev–Trinajstić information content (AvgIpc) is 3.10. The number of carbonyl (C=O) groups excluding carboxylic acids is 1. The van der Waals surface area contributed by atoms with Crippen LogP contribution in [0.4, 0.5) is 0 Å². The van der Waals surface area contributed by atoms with Crippen LogP contribution in [0.1, 0.15) is 16.1 Å². The van der Waals surface area contributed by atoms with Gasteiger partial charge in [-0.05, 0) is 29.6 Å². The normalized spacial score (nSPS) is 10.4. The van der Waals surface area contributed by atoms with Gasteiger partial charge in [-0.25, -0.2) is 4.68 Å². The molecule has 0 amide bonds. The van der Waals surface area contributed by atoms with Crippen LogP contribution in [0.2, 0.25) is 0 Å². The van der Waals surface area contributed by atoms with Crippen molar-refractivity contribution in [3.8, 4) is 5.69 Å². The molecular formula is C14H10N2OS. The lowest BCUT2D eigenvalue weighted by Gasteiger charge is -2.05. The lowest BCUT2D eigenvalue weighted by Crippen LogP contribution is -2.09. The molecule has 2 heterocycles. The molecule has 0 aliphatic carbocycles. The van der Waals surface area contributed by atoms with Crippen LogP contribution >= 0.6 is 11.3 Å². The Kier molecular flexibility index (Phi) is 2.78. The quantitative estimate of drug-likeness (QED) is 0.673. The first-order chi connectivity index (χ1) is 8.86. The van der Waals surface area contributed by atoms with Gasteiger partial charge in [0, 0.05) is 10.9 Å². The Morgan fingerprint density at radius 2 is 1.94 bits per heavy atom. The van der Waals surface area contributed by atoms with E-state index in [0.717, 1.165) is 5.69 Å². The minimum atomic E-state index is -0.00222. The largest absolute Gasteiger partial charge is 0.287 e. The summed E-state index contributed by atoms with van der Waals surface area (Å²) in [6, 6.07) is 13.2. The Morgan fingerprint density at radius 1 is 1.11 bits per heavy atom. The number of para-hydroxylation sites is 1. The molecule has 0 atom stereocenters. The van der Waals surface area contributed by atoms with E-state index in [-0.39, 0.29) is 5.78 Å². The first-order valence-corrected chi connectivity index (χ1v) is 6.47. The summed E-state index contributed by atoms with van der Waals surface area (Å²) in [5.41, 5.74) is 2.18. The van der Waals surface area contributed by atoms with E-state index < -0.39 is 0 Å². The van der Waals surface area contributed by atoms with Crippen LogP contribution in [0.5, 0.6) is 0 Å². The maximum absolute atomic E-state index is 12.3. The molecule has 2 aromatic heterocycles.